The van der Waals surface area contributed by atoms with E-state index in [0.29, 0.717) is 5.41 Å². The fourth-order valence-electron chi connectivity index (χ4n) is 3.55. The van der Waals surface area contributed by atoms with Crippen molar-refractivity contribution < 1.29 is 0 Å². The molecule has 0 aromatic heterocycles. The SMILES string of the molecule is CCC1(CC)CCN(CCC2CCCCN2)C1. The van der Waals surface area contributed by atoms with Crippen LogP contribution in [0.3, 0.4) is 0 Å². The van der Waals surface area contributed by atoms with Crippen LogP contribution < -0.4 is 5.32 Å². The van der Waals surface area contributed by atoms with Gasteiger partial charge in [-0.1, -0.05) is 20.3 Å². The average molecular weight is 238 g/mol. The zero-order valence-electron chi connectivity index (χ0n) is 11.8. The molecule has 0 amide bonds. The van der Waals surface area contributed by atoms with Gasteiger partial charge in [0.25, 0.3) is 0 Å². The van der Waals surface area contributed by atoms with Crippen LogP contribution in [0.25, 0.3) is 0 Å². The monoisotopic (exact) mass is 238 g/mol. The van der Waals surface area contributed by atoms with Crippen molar-refractivity contribution in [3.63, 3.8) is 0 Å². The minimum Gasteiger partial charge on any atom is -0.314 e. The third-order valence-corrected chi connectivity index (χ3v) is 5.22. The zero-order chi connectivity index (χ0) is 12.1. The number of piperidine rings is 1. The van der Waals surface area contributed by atoms with Gasteiger partial charge in [-0.3, -0.25) is 0 Å². The molecular formula is C15H30N2. The van der Waals surface area contributed by atoms with E-state index in [1.807, 2.05) is 0 Å². The van der Waals surface area contributed by atoms with Gasteiger partial charge in [-0.2, -0.15) is 0 Å². The highest BCUT2D eigenvalue weighted by atomic mass is 15.2. The van der Waals surface area contributed by atoms with E-state index in [4.69, 9.17) is 0 Å². The fourth-order valence-corrected chi connectivity index (χ4v) is 3.55. The lowest BCUT2D eigenvalue weighted by molar-refractivity contribution is 0.228. The Balaban J connectivity index is 1.70. The van der Waals surface area contributed by atoms with Crippen molar-refractivity contribution in [1.29, 1.82) is 0 Å². The van der Waals surface area contributed by atoms with Gasteiger partial charge in [-0.05, 0) is 63.6 Å². The summed E-state index contributed by atoms with van der Waals surface area (Å²) >= 11 is 0. The van der Waals surface area contributed by atoms with Gasteiger partial charge in [-0.25, -0.2) is 0 Å². The second-order valence-corrected chi connectivity index (χ2v) is 6.17. The Morgan fingerprint density at radius 1 is 1.24 bits per heavy atom. The highest BCUT2D eigenvalue weighted by molar-refractivity contribution is 4.88. The molecule has 2 heterocycles. The highest BCUT2D eigenvalue weighted by Gasteiger charge is 2.34. The van der Waals surface area contributed by atoms with Crippen molar-refractivity contribution in [3.8, 4) is 0 Å². The lowest BCUT2D eigenvalue weighted by atomic mass is 9.82. The quantitative estimate of drug-likeness (QED) is 0.792. The van der Waals surface area contributed by atoms with E-state index in [0.717, 1.165) is 6.04 Å². The smallest absolute Gasteiger partial charge is 0.00792 e. The molecule has 2 aliphatic heterocycles. The number of hydrogen-bond donors (Lipinski definition) is 1. The molecule has 0 bridgehead atoms. The van der Waals surface area contributed by atoms with Gasteiger partial charge in [0, 0.05) is 12.6 Å². The predicted octanol–water partition coefficient (Wildman–Crippen LogP) is 3.03. The minimum atomic E-state index is 0.653. The molecule has 1 unspecified atom stereocenters. The minimum absolute atomic E-state index is 0.653. The second-order valence-electron chi connectivity index (χ2n) is 6.17. The molecule has 0 aromatic carbocycles. The van der Waals surface area contributed by atoms with Crippen LogP contribution in [0.5, 0.6) is 0 Å². The van der Waals surface area contributed by atoms with Crippen LogP contribution in [-0.4, -0.2) is 37.1 Å². The molecule has 17 heavy (non-hydrogen) atoms. The number of nitrogens with zero attached hydrogens (tertiary/aromatic N) is 1. The molecule has 0 radical (unpaired) electrons. The maximum absolute atomic E-state index is 3.67. The molecule has 2 saturated heterocycles. The molecule has 1 N–H and O–H groups in total. The van der Waals surface area contributed by atoms with Crippen LogP contribution in [0.1, 0.15) is 58.8 Å². The molecule has 0 saturated carbocycles. The van der Waals surface area contributed by atoms with E-state index < -0.39 is 0 Å². The summed E-state index contributed by atoms with van der Waals surface area (Å²) in [6.07, 6.45) is 9.74. The Bertz CT molecular complexity index is 217. The van der Waals surface area contributed by atoms with Crippen molar-refractivity contribution in [2.24, 2.45) is 5.41 Å². The lowest BCUT2D eigenvalue weighted by Crippen LogP contribution is -2.37. The molecule has 0 aromatic rings. The summed E-state index contributed by atoms with van der Waals surface area (Å²) in [7, 11) is 0. The van der Waals surface area contributed by atoms with Crippen LogP contribution in [0, 0.1) is 5.41 Å². The molecule has 100 valence electrons. The maximum atomic E-state index is 3.67. The summed E-state index contributed by atoms with van der Waals surface area (Å²) in [6, 6.07) is 0.807. The fraction of sp³-hybridized carbons (Fsp3) is 1.00. The number of rotatable bonds is 5. The third-order valence-electron chi connectivity index (χ3n) is 5.22. The Kier molecular flexibility index (Phi) is 4.87. The van der Waals surface area contributed by atoms with Gasteiger partial charge in [0.15, 0.2) is 0 Å². The molecule has 0 aliphatic carbocycles. The van der Waals surface area contributed by atoms with Crippen molar-refractivity contribution in [2.45, 2.75) is 64.8 Å². The van der Waals surface area contributed by atoms with E-state index in [1.54, 1.807) is 0 Å². The first-order chi connectivity index (χ1) is 8.28. The summed E-state index contributed by atoms with van der Waals surface area (Å²) in [5, 5.41) is 3.67. The molecule has 2 heteroatoms. The number of nitrogens with one attached hydrogen (secondary N) is 1. The summed E-state index contributed by atoms with van der Waals surface area (Å²) in [5.74, 6) is 0. The molecular weight excluding hydrogens is 208 g/mol. The van der Waals surface area contributed by atoms with Gasteiger partial charge in [0.2, 0.25) is 0 Å². The summed E-state index contributed by atoms with van der Waals surface area (Å²) < 4.78 is 0. The van der Waals surface area contributed by atoms with E-state index in [2.05, 4.69) is 24.1 Å². The van der Waals surface area contributed by atoms with Crippen LogP contribution in [0.2, 0.25) is 0 Å². The van der Waals surface area contributed by atoms with Gasteiger partial charge in [0.05, 0.1) is 0 Å². The third kappa shape index (κ3) is 3.45. The number of hydrogen-bond acceptors (Lipinski definition) is 2. The molecule has 2 fully saturated rings. The van der Waals surface area contributed by atoms with Crippen molar-refractivity contribution in [2.75, 3.05) is 26.2 Å². The summed E-state index contributed by atoms with van der Waals surface area (Å²) in [5.41, 5.74) is 0.653. The lowest BCUT2D eigenvalue weighted by Gasteiger charge is -2.28. The van der Waals surface area contributed by atoms with Gasteiger partial charge >= 0.3 is 0 Å². The van der Waals surface area contributed by atoms with E-state index >= 15 is 0 Å². The molecule has 2 rings (SSSR count). The van der Waals surface area contributed by atoms with Crippen LogP contribution in [-0.2, 0) is 0 Å². The molecule has 1 atom stereocenters. The number of likely N-dealkylation sites (tertiary alicyclic amines) is 1. The maximum Gasteiger partial charge on any atom is 0.00792 e. The van der Waals surface area contributed by atoms with Gasteiger partial charge in [-0.15, -0.1) is 0 Å². The first kappa shape index (κ1) is 13.4. The van der Waals surface area contributed by atoms with Gasteiger partial charge in [0.1, 0.15) is 0 Å². The average Bonchev–Trinajstić information content (AvgIpc) is 2.82. The second kappa shape index (κ2) is 6.19. The highest BCUT2D eigenvalue weighted by Crippen LogP contribution is 2.36. The Hall–Kier alpha value is -0.0800. The topological polar surface area (TPSA) is 15.3 Å². The van der Waals surface area contributed by atoms with Crippen LogP contribution in [0.4, 0.5) is 0 Å². The molecule has 2 aliphatic rings. The van der Waals surface area contributed by atoms with Crippen LogP contribution in [0.15, 0.2) is 0 Å². The Morgan fingerprint density at radius 3 is 2.65 bits per heavy atom. The van der Waals surface area contributed by atoms with Crippen molar-refractivity contribution >= 4 is 0 Å². The normalized spacial score (nSPS) is 29.6. The first-order valence-corrected chi connectivity index (χ1v) is 7.74. The van der Waals surface area contributed by atoms with E-state index in [-0.39, 0.29) is 0 Å². The van der Waals surface area contributed by atoms with E-state index in [1.165, 1.54) is 71.1 Å². The van der Waals surface area contributed by atoms with Crippen LogP contribution >= 0.6 is 0 Å². The Labute approximate surface area is 107 Å². The zero-order valence-corrected chi connectivity index (χ0v) is 11.8. The summed E-state index contributed by atoms with van der Waals surface area (Å²) in [4.78, 5) is 2.71. The van der Waals surface area contributed by atoms with Gasteiger partial charge < -0.3 is 10.2 Å². The Morgan fingerprint density at radius 2 is 2.06 bits per heavy atom. The van der Waals surface area contributed by atoms with Crippen molar-refractivity contribution in [3.05, 3.63) is 0 Å². The standard InChI is InChI=1S/C15H30N2/c1-3-15(4-2)9-12-17(13-15)11-8-14-7-5-6-10-16-14/h14,16H,3-13H2,1-2H3. The molecule has 2 nitrogen and oxygen atoms in total. The predicted molar refractivity (Wildman–Crippen MR) is 74.3 cm³/mol. The largest absolute Gasteiger partial charge is 0.314 e. The summed E-state index contributed by atoms with van der Waals surface area (Å²) in [6.45, 7) is 10.0. The molecule has 0 spiro atoms. The first-order valence-electron chi connectivity index (χ1n) is 7.74. The van der Waals surface area contributed by atoms with E-state index in [9.17, 15) is 0 Å². The van der Waals surface area contributed by atoms with Crippen molar-refractivity contribution in [1.82, 2.24) is 10.2 Å².